The highest BCUT2D eigenvalue weighted by molar-refractivity contribution is 5.93. The van der Waals surface area contributed by atoms with Crippen LogP contribution in [-0.2, 0) is 18.4 Å². The number of benzene rings is 1. The van der Waals surface area contributed by atoms with E-state index in [1.165, 1.54) is 6.07 Å². The molecule has 2 heterocycles. The summed E-state index contributed by atoms with van der Waals surface area (Å²) in [5.74, 6) is -0.527. The third-order valence-electron chi connectivity index (χ3n) is 4.42. The van der Waals surface area contributed by atoms with Gasteiger partial charge in [0.1, 0.15) is 11.5 Å². The molecule has 0 atom stereocenters. The predicted octanol–water partition coefficient (Wildman–Crippen LogP) is 1.74. The lowest BCUT2D eigenvalue weighted by Gasteiger charge is -2.22. The zero-order chi connectivity index (χ0) is 18.0. The van der Waals surface area contributed by atoms with Crippen LogP contribution >= 0.6 is 0 Å². The molecule has 2 amide bonds. The number of aromatic nitrogens is 2. The van der Waals surface area contributed by atoms with E-state index in [1.54, 1.807) is 45.8 Å². The van der Waals surface area contributed by atoms with Crippen molar-refractivity contribution < 1.29 is 14.0 Å². The number of carbonyl (C=O) groups excluding carboxylic acids is 2. The molecule has 1 aromatic heterocycles. The first kappa shape index (κ1) is 17.1. The van der Waals surface area contributed by atoms with Gasteiger partial charge in [-0.05, 0) is 19.1 Å². The molecular formula is C18H21FN4O2. The second-order valence-electron chi connectivity index (χ2n) is 6.24. The average molecular weight is 344 g/mol. The van der Waals surface area contributed by atoms with Crippen molar-refractivity contribution in [2.45, 2.75) is 19.9 Å². The lowest BCUT2D eigenvalue weighted by Crippen LogP contribution is -2.36. The SMILES string of the molecule is Cc1cc(C(=O)N2CCC(=O)N(Cc3ccccc3F)CC2)n(C)n1. The molecule has 1 aromatic carbocycles. The van der Waals surface area contributed by atoms with Crippen LogP contribution in [0.5, 0.6) is 0 Å². The van der Waals surface area contributed by atoms with Crippen molar-refractivity contribution in [1.82, 2.24) is 19.6 Å². The van der Waals surface area contributed by atoms with Crippen LogP contribution in [-0.4, -0.2) is 51.0 Å². The van der Waals surface area contributed by atoms with E-state index in [-0.39, 0.29) is 30.6 Å². The van der Waals surface area contributed by atoms with Gasteiger partial charge in [-0.1, -0.05) is 18.2 Å². The number of halogens is 1. The average Bonchev–Trinajstić information content (AvgIpc) is 2.81. The second kappa shape index (κ2) is 7.04. The molecule has 0 N–H and O–H groups in total. The maximum Gasteiger partial charge on any atom is 0.272 e. The number of aryl methyl sites for hydroxylation is 2. The molecule has 2 aromatic rings. The Hall–Kier alpha value is -2.70. The second-order valence-corrected chi connectivity index (χ2v) is 6.24. The van der Waals surface area contributed by atoms with Crippen LogP contribution in [0.25, 0.3) is 0 Å². The summed E-state index contributed by atoms with van der Waals surface area (Å²) in [6.07, 6.45) is 0.233. The molecule has 0 spiro atoms. The molecule has 1 aliphatic rings. The van der Waals surface area contributed by atoms with Crippen LogP contribution < -0.4 is 0 Å². The Kier molecular flexibility index (Phi) is 4.83. The maximum atomic E-state index is 13.8. The van der Waals surface area contributed by atoms with Gasteiger partial charge in [-0.3, -0.25) is 14.3 Å². The fourth-order valence-electron chi connectivity index (χ4n) is 3.04. The minimum absolute atomic E-state index is 0.0697. The first-order valence-electron chi connectivity index (χ1n) is 8.27. The fraction of sp³-hybridized carbons (Fsp3) is 0.389. The largest absolute Gasteiger partial charge is 0.336 e. The van der Waals surface area contributed by atoms with Gasteiger partial charge >= 0.3 is 0 Å². The van der Waals surface area contributed by atoms with Crippen LogP contribution in [0.1, 0.15) is 28.2 Å². The molecule has 1 saturated heterocycles. The highest BCUT2D eigenvalue weighted by Gasteiger charge is 2.26. The highest BCUT2D eigenvalue weighted by atomic mass is 19.1. The summed E-state index contributed by atoms with van der Waals surface area (Å²) in [7, 11) is 1.73. The topological polar surface area (TPSA) is 58.4 Å². The van der Waals surface area contributed by atoms with Gasteiger partial charge in [-0.15, -0.1) is 0 Å². The van der Waals surface area contributed by atoms with Crippen LogP contribution in [0.15, 0.2) is 30.3 Å². The zero-order valence-electron chi connectivity index (χ0n) is 14.4. The summed E-state index contributed by atoms with van der Waals surface area (Å²) in [4.78, 5) is 28.3. The van der Waals surface area contributed by atoms with E-state index >= 15 is 0 Å². The van der Waals surface area contributed by atoms with Gasteiger partial charge in [0.15, 0.2) is 0 Å². The number of carbonyl (C=O) groups is 2. The van der Waals surface area contributed by atoms with Gasteiger partial charge in [-0.2, -0.15) is 5.10 Å². The Balaban J connectivity index is 1.70. The molecular weight excluding hydrogens is 323 g/mol. The van der Waals surface area contributed by atoms with E-state index in [0.29, 0.717) is 30.9 Å². The van der Waals surface area contributed by atoms with Crippen LogP contribution in [0.3, 0.4) is 0 Å². The smallest absolute Gasteiger partial charge is 0.272 e. The first-order chi connectivity index (χ1) is 12.0. The Morgan fingerprint density at radius 1 is 1.24 bits per heavy atom. The molecule has 1 fully saturated rings. The Morgan fingerprint density at radius 2 is 2.00 bits per heavy atom. The molecule has 0 unspecified atom stereocenters. The number of amides is 2. The Morgan fingerprint density at radius 3 is 2.68 bits per heavy atom. The molecule has 0 saturated carbocycles. The third-order valence-corrected chi connectivity index (χ3v) is 4.42. The summed E-state index contributed by atoms with van der Waals surface area (Å²) < 4.78 is 15.4. The van der Waals surface area contributed by atoms with E-state index in [0.717, 1.165) is 5.69 Å². The zero-order valence-corrected chi connectivity index (χ0v) is 14.4. The van der Waals surface area contributed by atoms with Gasteiger partial charge in [0.25, 0.3) is 5.91 Å². The molecule has 7 heteroatoms. The first-order valence-corrected chi connectivity index (χ1v) is 8.27. The summed E-state index contributed by atoms with van der Waals surface area (Å²) in [5, 5.41) is 4.20. The Labute approximate surface area is 145 Å². The molecule has 6 nitrogen and oxygen atoms in total. The van der Waals surface area contributed by atoms with E-state index in [4.69, 9.17) is 0 Å². The molecule has 25 heavy (non-hydrogen) atoms. The van der Waals surface area contributed by atoms with Crippen molar-refractivity contribution in [3.8, 4) is 0 Å². The normalized spacial score (nSPS) is 15.4. The van der Waals surface area contributed by atoms with Gasteiger partial charge in [-0.25, -0.2) is 4.39 Å². The molecule has 1 aliphatic heterocycles. The molecule has 0 radical (unpaired) electrons. The van der Waals surface area contributed by atoms with E-state index in [2.05, 4.69) is 5.10 Å². The van der Waals surface area contributed by atoms with Gasteiger partial charge in [0, 0.05) is 45.2 Å². The number of hydrogen-bond donors (Lipinski definition) is 0. The van der Waals surface area contributed by atoms with Crippen molar-refractivity contribution in [2.24, 2.45) is 7.05 Å². The summed E-state index contributed by atoms with van der Waals surface area (Å²) >= 11 is 0. The van der Waals surface area contributed by atoms with E-state index < -0.39 is 0 Å². The van der Waals surface area contributed by atoms with Crippen molar-refractivity contribution in [1.29, 1.82) is 0 Å². The molecule has 0 aliphatic carbocycles. The lowest BCUT2D eigenvalue weighted by atomic mass is 10.2. The summed E-state index contributed by atoms with van der Waals surface area (Å²) in [6, 6.07) is 8.18. The van der Waals surface area contributed by atoms with E-state index in [1.807, 2.05) is 6.92 Å². The standard InChI is InChI=1S/C18H21FN4O2/c1-13-11-16(21(2)20-13)18(25)22-8-7-17(24)23(10-9-22)12-14-5-3-4-6-15(14)19/h3-6,11H,7-10,12H2,1-2H3. The van der Waals surface area contributed by atoms with Crippen LogP contribution in [0.2, 0.25) is 0 Å². The Bertz CT molecular complexity index is 802. The van der Waals surface area contributed by atoms with Gasteiger partial charge in [0.2, 0.25) is 5.91 Å². The third kappa shape index (κ3) is 3.70. The van der Waals surface area contributed by atoms with Crippen molar-refractivity contribution in [2.75, 3.05) is 19.6 Å². The molecule has 0 bridgehead atoms. The van der Waals surface area contributed by atoms with Crippen LogP contribution in [0.4, 0.5) is 4.39 Å². The van der Waals surface area contributed by atoms with Gasteiger partial charge in [0.05, 0.1) is 5.69 Å². The van der Waals surface area contributed by atoms with E-state index in [9.17, 15) is 14.0 Å². The van der Waals surface area contributed by atoms with Crippen molar-refractivity contribution in [3.63, 3.8) is 0 Å². The minimum Gasteiger partial charge on any atom is -0.336 e. The summed E-state index contributed by atoms with van der Waals surface area (Å²) in [5.41, 5.74) is 1.77. The number of nitrogens with zero attached hydrogens (tertiary/aromatic N) is 4. The van der Waals surface area contributed by atoms with Gasteiger partial charge < -0.3 is 9.80 Å². The quantitative estimate of drug-likeness (QED) is 0.852. The predicted molar refractivity (Wildman–Crippen MR) is 90.3 cm³/mol. The molecule has 3 rings (SSSR count). The van der Waals surface area contributed by atoms with Crippen molar-refractivity contribution >= 4 is 11.8 Å². The highest BCUT2D eigenvalue weighted by Crippen LogP contribution is 2.15. The summed E-state index contributed by atoms with van der Waals surface area (Å²) in [6.45, 7) is 3.21. The maximum absolute atomic E-state index is 13.8. The molecule has 132 valence electrons. The fourth-order valence-corrected chi connectivity index (χ4v) is 3.04. The van der Waals surface area contributed by atoms with Crippen molar-refractivity contribution in [3.05, 3.63) is 53.1 Å². The minimum atomic E-state index is -0.321. The lowest BCUT2D eigenvalue weighted by molar-refractivity contribution is -0.130. The van der Waals surface area contributed by atoms with Crippen LogP contribution in [0, 0.1) is 12.7 Å². The number of hydrogen-bond acceptors (Lipinski definition) is 3. The monoisotopic (exact) mass is 344 g/mol. The number of rotatable bonds is 3.